The van der Waals surface area contributed by atoms with Gasteiger partial charge in [0.2, 0.25) is 0 Å². The quantitative estimate of drug-likeness (QED) is 0.840. The average Bonchev–Trinajstić information content (AvgIpc) is 2.29. The maximum absolute atomic E-state index is 9.05. The van der Waals surface area contributed by atoms with Gasteiger partial charge in [-0.25, -0.2) is 0 Å². The molecular weight excluding hydrogens is 268 g/mol. The topological polar surface area (TPSA) is 35.5 Å². The fourth-order valence-corrected chi connectivity index (χ4v) is 2.09. The molecule has 90 valence electrons. The third-order valence-corrected chi connectivity index (χ3v) is 3.00. The highest BCUT2D eigenvalue weighted by Crippen LogP contribution is 2.25. The Balaban J connectivity index is 3.01. The number of hydrogen-bond acceptors (Lipinski definition) is 3. The summed E-state index contributed by atoms with van der Waals surface area (Å²) in [4.78, 5) is 2.18. The number of aliphatic hydroxyl groups excluding tert-OH is 1. The zero-order valence-corrected chi connectivity index (χ0v) is 11.4. The molecule has 1 rings (SSSR count). The van der Waals surface area contributed by atoms with E-state index in [-0.39, 0.29) is 6.61 Å². The molecule has 0 aromatic heterocycles. The van der Waals surface area contributed by atoms with Crippen molar-refractivity contribution in [2.75, 3.05) is 31.6 Å². The Hall–Kier alpha value is -0.580. The van der Waals surface area contributed by atoms with Crippen LogP contribution < -0.4 is 10.2 Å². The van der Waals surface area contributed by atoms with Crippen molar-refractivity contribution in [1.29, 1.82) is 0 Å². The van der Waals surface area contributed by atoms with Gasteiger partial charge in [-0.2, -0.15) is 0 Å². The van der Waals surface area contributed by atoms with E-state index in [1.54, 1.807) is 0 Å². The minimum atomic E-state index is 0.180. The van der Waals surface area contributed by atoms with Crippen LogP contribution in [0.5, 0.6) is 0 Å². The van der Waals surface area contributed by atoms with Crippen molar-refractivity contribution in [3.05, 3.63) is 28.2 Å². The highest BCUT2D eigenvalue weighted by Gasteiger charge is 2.09. The van der Waals surface area contributed by atoms with Gasteiger partial charge < -0.3 is 15.3 Å². The molecule has 3 nitrogen and oxygen atoms in total. The Labute approximate surface area is 106 Å². The van der Waals surface area contributed by atoms with Crippen LogP contribution in [0.1, 0.15) is 12.5 Å². The third-order valence-electron chi connectivity index (χ3n) is 2.51. The molecule has 0 fully saturated rings. The first-order valence-electron chi connectivity index (χ1n) is 5.51. The summed E-state index contributed by atoms with van der Waals surface area (Å²) in [6.07, 6.45) is 0. The molecule has 2 N–H and O–H groups in total. The van der Waals surface area contributed by atoms with Crippen LogP contribution >= 0.6 is 15.9 Å². The van der Waals surface area contributed by atoms with E-state index in [9.17, 15) is 0 Å². The lowest BCUT2D eigenvalue weighted by Crippen LogP contribution is -2.27. The van der Waals surface area contributed by atoms with Gasteiger partial charge in [0.1, 0.15) is 0 Å². The number of hydrogen-bond donors (Lipinski definition) is 2. The fourth-order valence-electron chi connectivity index (χ4n) is 1.74. The maximum atomic E-state index is 9.05. The van der Waals surface area contributed by atoms with E-state index in [1.165, 1.54) is 11.3 Å². The van der Waals surface area contributed by atoms with Crippen molar-refractivity contribution in [3.8, 4) is 0 Å². The lowest BCUT2D eigenvalue weighted by molar-refractivity contribution is 0.302. The third kappa shape index (κ3) is 3.47. The molecule has 0 saturated carbocycles. The summed E-state index contributed by atoms with van der Waals surface area (Å²) in [5.74, 6) is 0. The van der Waals surface area contributed by atoms with Gasteiger partial charge in [-0.05, 0) is 31.7 Å². The molecule has 0 spiro atoms. The summed E-state index contributed by atoms with van der Waals surface area (Å²) < 4.78 is 1.07. The summed E-state index contributed by atoms with van der Waals surface area (Å²) in [6.45, 7) is 4.68. The van der Waals surface area contributed by atoms with Gasteiger partial charge in [0.05, 0.1) is 6.61 Å². The molecule has 4 heteroatoms. The Bertz CT molecular complexity index is 331. The molecule has 0 atom stereocenters. The molecular formula is C12H19BrN2O. The molecule has 1 aromatic carbocycles. The predicted molar refractivity (Wildman–Crippen MR) is 71.9 cm³/mol. The van der Waals surface area contributed by atoms with Crippen LogP contribution in [0.2, 0.25) is 0 Å². The number of likely N-dealkylation sites (N-methyl/N-ethyl adjacent to an activating group) is 1. The van der Waals surface area contributed by atoms with Crippen molar-refractivity contribution in [3.63, 3.8) is 0 Å². The van der Waals surface area contributed by atoms with Crippen LogP contribution in [0.4, 0.5) is 5.69 Å². The Kier molecular flexibility index (Phi) is 5.80. The molecule has 0 aliphatic rings. The zero-order chi connectivity index (χ0) is 12.0. The van der Waals surface area contributed by atoms with Gasteiger partial charge in [-0.15, -0.1) is 0 Å². The normalized spacial score (nSPS) is 10.5. The fraction of sp³-hybridized carbons (Fsp3) is 0.500. The average molecular weight is 287 g/mol. The summed E-state index contributed by atoms with van der Waals surface area (Å²) >= 11 is 3.49. The first-order valence-corrected chi connectivity index (χ1v) is 6.31. The number of anilines is 1. The standard InChI is InChI=1S/C12H19BrN2O/c1-3-15(6-7-16)12-8-11(13)5-4-10(12)9-14-2/h4-5,8,14,16H,3,6-7,9H2,1-2H3. The van der Waals surface area contributed by atoms with Crippen LogP contribution in [0, 0.1) is 0 Å². The SMILES string of the molecule is CCN(CCO)c1cc(Br)ccc1CNC. The second kappa shape index (κ2) is 6.89. The number of halogens is 1. The van der Waals surface area contributed by atoms with Gasteiger partial charge in [0.25, 0.3) is 0 Å². The van der Waals surface area contributed by atoms with Crippen molar-refractivity contribution in [2.45, 2.75) is 13.5 Å². The minimum Gasteiger partial charge on any atom is -0.395 e. The summed E-state index contributed by atoms with van der Waals surface area (Å²) in [5, 5.41) is 12.2. The molecule has 0 aliphatic heterocycles. The monoisotopic (exact) mass is 286 g/mol. The van der Waals surface area contributed by atoms with Crippen molar-refractivity contribution < 1.29 is 5.11 Å². The van der Waals surface area contributed by atoms with E-state index in [0.717, 1.165) is 17.6 Å². The van der Waals surface area contributed by atoms with Gasteiger partial charge >= 0.3 is 0 Å². The maximum Gasteiger partial charge on any atom is 0.0606 e. The molecule has 0 radical (unpaired) electrons. The first-order chi connectivity index (χ1) is 7.72. The van der Waals surface area contributed by atoms with E-state index in [4.69, 9.17) is 5.11 Å². The van der Waals surface area contributed by atoms with E-state index >= 15 is 0 Å². The lowest BCUT2D eigenvalue weighted by Gasteiger charge is -2.25. The zero-order valence-electron chi connectivity index (χ0n) is 9.83. The number of rotatable bonds is 6. The smallest absolute Gasteiger partial charge is 0.0606 e. The molecule has 0 amide bonds. The Morgan fingerprint density at radius 1 is 1.44 bits per heavy atom. The molecule has 0 unspecified atom stereocenters. The van der Waals surface area contributed by atoms with E-state index in [2.05, 4.69) is 45.2 Å². The second-order valence-corrected chi connectivity index (χ2v) is 4.52. The molecule has 0 heterocycles. The number of benzene rings is 1. The van der Waals surface area contributed by atoms with Crippen molar-refractivity contribution in [2.24, 2.45) is 0 Å². The van der Waals surface area contributed by atoms with Crippen LogP contribution in [0.15, 0.2) is 22.7 Å². The van der Waals surface area contributed by atoms with Gasteiger partial charge in [-0.3, -0.25) is 0 Å². The van der Waals surface area contributed by atoms with Gasteiger partial charge in [-0.1, -0.05) is 22.0 Å². The van der Waals surface area contributed by atoms with E-state index in [0.29, 0.717) is 6.54 Å². The summed E-state index contributed by atoms with van der Waals surface area (Å²) in [5.41, 5.74) is 2.43. The summed E-state index contributed by atoms with van der Waals surface area (Å²) in [7, 11) is 1.94. The molecule has 0 saturated heterocycles. The molecule has 1 aromatic rings. The van der Waals surface area contributed by atoms with E-state index in [1.807, 2.05) is 13.1 Å². The van der Waals surface area contributed by atoms with Gasteiger partial charge in [0, 0.05) is 29.8 Å². The van der Waals surface area contributed by atoms with Crippen molar-refractivity contribution >= 4 is 21.6 Å². The Morgan fingerprint density at radius 3 is 2.75 bits per heavy atom. The summed E-state index contributed by atoms with van der Waals surface area (Å²) in [6, 6.07) is 6.25. The number of nitrogens with zero attached hydrogens (tertiary/aromatic N) is 1. The lowest BCUT2D eigenvalue weighted by atomic mass is 10.1. The van der Waals surface area contributed by atoms with Crippen LogP contribution in [0.25, 0.3) is 0 Å². The molecule has 0 aliphatic carbocycles. The molecule has 0 bridgehead atoms. The second-order valence-electron chi connectivity index (χ2n) is 3.61. The number of aliphatic hydroxyl groups is 1. The largest absolute Gasteiger partial charge is 0.395 e. The highest BCUT2D eigenvalue weighted by molar-refractivity contribution is 9.10. The van der Waals surface area contributed by atoms with E-state index < -0.39 is 0 Å². The van der Waals surface area contributed by atoms with Crippen LogP contribution in [-0.2, 0) is 6.54 Å². The minimum absolute atomic E-state index is 0.180. The first kappa shape index (κ1) is 13.5. The van der Waals surface area contributed by atoms with Gasteiger partial charge in [0.15, 0.2) is 0 Å². The van der Waals surface area contributed by atoms with Crippen LogP contribution in [0.3, 0.4) is 0 Å². The van der Waals surface area contributed by atoms with Crippen LogP contribution in [-0.4, -0.2) is 31.9 Å². The Morgan fingerprint density at radius 2 is 2.19 bits per heavy atom. The highest BCUT2D eigenvalue weighted by atomic mass is 79.9. The molecule has 16 heavy (non-hydrogen) atoms. The predicted octanol–water partition coefficient (Wildman–Crippen LogP) is 1.99. The number of nitrogens with one attached hydrogen (secondary N) is 1. The van der Waals surface area contributed by atoms with Crippen molar-refractivity contribution in [1.82, 2.24) is 5.32 Å².